The van der Waals surface area contributed by atoms with E-state index in [9.17, 15) is 4.79 Å². The average Bonchev–Trinajstić information content (AvgIpc) is 2.40. The third-order valence-corrected chi connectivity index (χ3v) is 2.99. The van der Waals surface area contributed by atoms with Crippen molar-refractivity contribution in [1.29, 1.82) is 0 Å². The Morgan fingerprint density at radius 2 is 1.53 bits per heavy atom. The second-order valence-electron chi connectivity index (χ2n) is 4.80. The highest BCUT2D eigenvalue weighted by atomic mass is 16.5. The van der Waals surface area contributed by atoms with Crippen LogP contribution in [0.2, 0.25) is 0 Å². The summed E-state index contributed by atoms with van der Waals surface area (Å²) in [6.07, 6.45) is 19.2. The van der Waals surface area contributed by atoms with E-state index in [2.05, 4.69) is 13.0 Å². The summed E-state index contributed by atoms with van der Waals surface area (Å²) in [7, 11) is 0. The van der Waals surface area contributed by atoms with Gasteiger partial charge >= 0.3 is 5.97 Å². The van der Waals surface area contributed by atoms with E-state index in [1.807, 2.05) is 13.0 Å². The fourth-order valence-corrected chi connectivity index (χ4v) is 1.90. The van der Waals surface area contributed by atoms with E-state index >= 15 is 0 Å². The summed E-state index contributed by atoms with van der Waals surface area (Å²) in [4.78, 5) is 11.0. The smallest absolute Gasteiger partial charge is 0.330 e. The second kappa shape index (κ2) is 15.0. The molecule has 19 heavy (non-hydrogen) atoms. The van der Waals surface area contributed by atoms with Crippen molar-refractivity contribution >= 4 is 5.97 Å². The van der Waals surface area contributed by atoms with Gasteiger partial charge in [0.05, 0.1) is 6.61 Å². The molecular weight excluding hydrogens is 236 g/mol. The molecule has 0 unspecified atom stereocenters. The fourth-order valence-electron chi connectivity index (χ4n) is 1.90. The van der Waals surface area contributed by atoms with Crippen molar-refractivity contribution in [3.63, 3.8) is 0 Å². The molecule has 0 aromatic rings. The number of allylic oxidation sites excluding steroid dienone is 3. The maximum absolute atomic E-state index is 11.0. The summed E-state index contributed by atoms with van der Waals surface area (Å²) in [5, 5.41) is 0. The van der Waals surface area contributed by atoms with E-state index in [1.165, 1.54) is 57.4 Å². The number of esters is 1. The molecule has 0 heterocycles. The molecule has 0 fully saturated rings. The fraction of sp³-hybridized carbons (Fsp3) is 0.706. The zero-order valence-electron chi connectivity index (χ0n) is 12.7. The van der Waals surface area contributed by atoms with Crippen molar-refractivity contribution in [2.24, 2.45) is 0 Å². The topological polar surface area (TPSA) is 26.3 Å². The Balaban J connectivity index is 3.27. The Kier molecular flexibility index (Phi) is 14.2. The number of rotatable bonds is 12. The molecule has 0 saturated carbocycles. The summed E-state index contributed by atoms with van der Waals surface area (Å²) in [5.41, 5.74) is 0. The first-order valence-corrected chi connectivity index (χ1v) is 7.81. The molecule has 110 valence electrons. The number of carbonyl (C=O) groups is 1. The van der Waals surface area contributed by atoms with Crippen molar-refractivity contribution in [1.82, 2.24) is 0 Å². The minimum Gasteiger partial charge on any atom is -0.463 e. The van der Waals surface area contributed by atoms with Crippen LogP contribution in [0.4, 0.5) is 0 Å². The van der Waals surface area contributed by atoms with Gasteiger partial charge in [-0.15, -0.1) is 0 Å². The van der Waals surface area contributed by atoms with Gasteiger partial charge in [0.15, 0.2) is 0 Å². The predicted octanol–water partition coefficient (Wildman–Crippen LogP) is 5.19. The first-order valence-electron chi connectivity index (χ1n) is 7.81. The van der Waals surface area contributed by atoms with Crippen LogP contribution >= 0.6 is 0 Å². The molecule has 0 aromatic carbocycles. The Hall–Kier alpha value is -1.05. The van der Waals surface area contributed by atoms with Crippen LogP contribution in [-0.2, 0) is 9.53 Å². The Bertz CT molecular complexity index is 254. The Morgan fingerprint density at radius 3 is 2.16 bits per heavy atom. The molecule has 0 radical (unpaired) electrons. The largest absolute Gasteiger partial charge is 0.463 e. The zero-order chi connectivity index (χ0) is 14.2. The zero-order valence-corrected chi connectivity index (χ0v) is 12.7. The second-order valence-corrected chi connectivity index (χ2v) is 4.80. The highest BCUT2D eigenvalue weighted by Gasteiger charge is 1.91. The summed E-state index contributed by atoms with van der Waals surface area (Å²) >= 11 is 0. The van der Waals surface area contributed by atoms with Gasteiger partial charge in [-0.3, -0.25) is 0 Å². The van der Waals surface area contributed by atoms with Gasteiger partial charge in [-0.2, -0.15) is 0 Å². The van der Waals surface area contributed by atoms with Gasteiger partial charge < -0.3 is 4.74 Å². The van der Waals surface area contributed by atoms with Crippen LogP contribution in [0.3, 0.4) is 0 Å². The first kappa shape index (κ1) is 17.9. The van der Waals surface area contributed by atoms with E-state index in [0.29, 0.717) is 6.61 Å². The maximum atomic E-state index is 11.0. The number of unbranched alkanes of at least 4 members (excludes halogenated alkanes) is 8. The Labute approximate surface area is 118 Å². The highest BCUT2D eigenvalue weighted by Crippen LogP contribution is 2.09. The SMILES string of the molecule is CCCCCCCCCCC=CC=CC(=O)OCC. The molecule has 0 aliphatic carbocycles. The average molecular weight is 266 g/mol. The Morgan fingerprint density at radius 1 is 0.895 bits per heavy atom. The molecule has 0 aliphatic heterocycles. The number of ether oxygens (including phenoxy) is 1. The van der Waals surface area contributed by atoms with Gasteiger partial charge in [0.1, 0.15) is 0 Å². The van der Waals surface area contributed by atoms with E-state index in [1.54, 1.807) is 6.08 Å². The van der Waals surface area contributed by atoms with E-state index in [0.717, 1.165) is 6.42 Å². The summed E-state index contributed by atoms with van der Waals surface area (Å²) < 4.78 is 4.78. The molecule has 0 amide bonds. The molecule has 0 aliphatic rings. The van der Waals surface area contributed by atoms with Gasteiger partial charge in [-0.1, -0.05) is 70.1 Å². The standard InChI is InChI=1S/C17H30O2/c1-3-5-6-7-8-9-10-11-12-13-14-15-16-17(18)19-4-2/h13-16H,3-12H2,1-2H3. The van der Waals surface area contributed by atoms with Crippen molar-refractivity contribution in [3.8, 4) is 0 Å². The predicted molar refractivity (Wildman–Crippen MR) is 82.1 cm³/mol. The van der Waals surface area contributed by atoms with Crippen molar-refractivity contribution < 1.29 is 9.53 Å². The van der Waals surface area contributed by atoms with Crippen LogP contribution in [0.15, 0.2) is 24.3 Å². The van der Waals surface area contributed by atoms with Crippen LogP contribution in [0.1, 0.15) is 71.6 Å². The van der Waals surface area contributed by atoms with Crippen LogP contribution in [0.5, 0.6) is 0 Å². The van der Waals surface area contributed by atoms with Gasteiger partial charge in [-0.25, -0.2) is 4.79 Å². The molecule has 0 spiro atoms. The third kappa shape index (κ3) is 14.9. The highest BCUT2D eigenvalue weighted by molar-refractivity contribution is 5.82. The van der Waals surface area contributed by atoms with Crippen LogP contribution < -0.4 is 0 Å². The number of hydrogen-bond acceptors (Lipinski definition) is 2. The normalized spacial score (nSPS) is 11.5. The molecule has 0 bridgehead atoms. The number of hydrogen-bond donors (Lipinski definition) is 0. The van der Waals surface area contributed by atoms with E-state index < -0.39 is 0 Å². The lowest BCUT2D eigenvalue weighted by molar-refractivity contribution is -0.137. The van der Waals surface area contributed by atoms with Gasteiger partial charge in [0.2, 0.25) is 0 Å². The first-order chi connectivity index (χ1) is 9.31. The maximum Gasteiger partial charge on any atom is 0.330 e. The molecule has 0 aromatic heterocycles. The van der Waals surface area contributed by atoms with E-state index in [-0.39, 0.29) is 5.97 Å². The van der Waals surface area contributed by atoms with Gasteiger partial charge in [-0.05, 0) is 19.8 Å². The molecule has 0 atom stereocenters. The monoisotopic (exact) mass is 266 g/mol. The van der Waals surface area contributed by atoms with E-state index in [4.69, 9.17) is 4.74 Å². The summed E-state index contributed by atoms with van der Waals surface area (Å²) in [5.74, 6) is -0.265. The number of carbonyl (C=O) groups excluding carboxylic acids is 1. The lowest BCUT2D eigenvalue weighted by Gasteiger charge is -1.99. The van der Waals surface area contributed by atoms with Crippen LogP contribution in [0.25, 0.3) is 0 Å². The van der Waals surface area contributed by atoms with Gasteiger partial charge in [0, 0.05) is 6.08 Å². The minimum atomic E-state index is -0.265. The summed E-state index contributed by atoms with van der Waals surface area (Å²) in [6, 6.07) is 0. The molecular formula is C17H30O2. The van der Waals surface area contributed by atoms with Crippen molar-refractivity contribution in [2.75, 3.05) is 6.61 Å². The van der Waals surface area contributed by atoms with Crippen molar-refractivity contribution in [3.05, 3.63) is 24.3 Å². The molecule has 2 nitrogen and oxygen atoms in total. The van der Waals surface area contributed by atoms with Crippen molar-refractivity contribution in [2.45, 2.75) is 71.6 Å². The lowest BCUT2D eigenvalue weighted by Crippen LogP contribution is -1.98. The van der Waals surface area contributed by atoms with Gasteiger partial charge in [0.25, 0.3) is 0 Å². The minimum absolute atomic E-state index is 0.265. The molecule has 0 rings (SSSR count). The lowest BCUT2D eigenvalue weighted by atomic mass is 10.1. The van der Waals surface area contributed by atoms with Crippen LogP contribution in [-0.4, -0.2) is 12.6 Å². The molecule has 2 heteroatoms. The van der Waals surface area contributed by atoms with Crippen LogP contribution in [0, 0.1) is 0 Å². The third-order valence-electron chi connectivity index (χ3n) is 2.99. The molecule has 0 saturated heterocycles. The summed E-state index contributed by atoms with van der Waals surface area (Å²) in [6.45, 7) is 4.50. The molecule has 0 N–H and O–H groups in total. The quantitative estimate of drug-likeness (QED) is 0.210.